The topological polar surface area (TPSA) is 12.0 Å². The number of halogens is 1. The Bertz CT molecular complexity index is 334. The Balaban J connectivity index is 2.43. The molecule has 1 atom stereocenters. The second-order valence-corrected chi connectivity index (χ2v) is 4.92. The van der Waals surface area contributed by atoms with Crippen molar-refractivity contribution in [1.29, 1.82) is 0 Å². The molecular formula is C14H22FN. The van der Waals surface area contributed by atoms with Crippen molar-refractivity contribution in [3.05, 3.63) is 35.1 Å². The van der Waals surface area contributed by atoms with Crippen molar-refractivity contribution < 1.29 is 4.39 Å². The fourth-order valence-electron chi connectivity index (χ4n) is 1.53. The molecule has 1 aromatic rings. The fraction of sp³-hybridized carbons (Fsp3) is 0.571. The zero-order valence-corrected chi connectivity index (χ0v) is 10.7. The molecule has 0 saturated heterocycles. The molecular weight excluding hydrogens is 201 g/mol. The molecule has 1 unspecified atom stereocenters. The normalized spacial score (nSPS) is 13.1. The minimum Gasteiger partial charge on any atom is -0.312 e. The Labute approximate surface area is 98.1 Å². The van der Waals surface area contributed by atoms with E-state index >= 15 is 0 Å². The van der Waals surface area contributed by atoms with Crippen molar-refractivity contribution in [2.45, 2.75) is 34.2 Å². The lowest BCUT2D eigenvalue weighted by molar-refractivity contribution is 0.392. The van der Waals surface area contributed by atoms with Crippen LogP contribution in [0.2, 0.25) is 0 Å². The first-order chi connectivity index (χ1) is 7.50. The molecule has 2 heteroatoms. The van der Waals surface area contributed by atoms with E-state index in [-0.39, 0.29) is 5.82 Å². The summed E-state index contributed by atoms with van der Waals surface area (Å²) in [7, 11) is 0. The van der Waals surface area contributed by atoms with Gasteiger partial charge in [-0.1, -0.05) is 26.8 Å². The number of rotatable bonds is 5. The fourth-order valence-corrected chi connectivity index (χ4v) is 1.53. The summed E-state index contributed by atoms with van der Waals surface area (Å²) in [4.78, 5) is 0. The molecule has 0 fully saturated rings. The Morgan fingerprint density at radius 2 is 1.94 bits per heavy atom. The van der Waals surface area contributed by atoms with Crippen LogP contribution in [0, 0.1) is 24.6 Å². The SMILES string of the molecule is Cc1cc(F)ccc1CNCC(C)C(C)C. The predicted octanol–water partition coefficient (Wildman–Crippen LogP) is 3.52. The zero-order valence-electron chi connectivity index (χ0n) is 10.7. The number of hydrogen-bond donors (Lipinski definition) is 1. The van der Waals surface area contributed by atoms with Gasteiger partial charge in [-0.2, -0.15) is 0 Å². The van der Waals surface area contributed by atoms with E-state index < -0.39 is 0 Å². The molecule has 0 aliphatic rings. The van der Waals surface area contributed by atoms with Crippen molar-refractivity contribution in [2.75, 3.05) is 6.54 Å². The monoisotopic (exact) mass is 223 g/mol. The van der Waals surface area contributed by atoms with Gasteiger partial charge in [-0.15, -0.1) is 0 Å². The number of hydrogen-bond acceptors (Lipinski definition) is 1. The van der Waals surface area contributed by atoms with Crippen LogP contribution in [0.25, 0.3) is 0 Å². The van der Waals surface area contributed by atoms with Gasteiger partial charge in [0.25, 0.3) is 0 Å². The standard InChI is InChI=1S/C14H22FN/c1-10(2)12(4)8-16-9-13-5-6-14(15)7-11(13)3/h5-7,10,12,16H,8-9H2,1-4H3. The van der Waals surface area contributed by atoms with Crippen molar-refractivity contribution in [1.82, 2.24) is 5.32 Å². The number of nitrogens with one attached hydrogen (secondary N) is 1. The van der Waals surface area contributed by atoms with Gasteiger partial charge < -0.3 is 5.32 Å². The summed E-state index contributed by atoms with van der Waals surface area (Å²) in [5.41, 5.74) is 2.20. The highest BCUT2D eigenvalue weighted by Gasteiger charge is 2.06. The quantitative estimate of drug-likeness (QED) is 0.805. The molecule has 90 valence electrons. The van der Waals surface area contributed by atoms with Crippen molar-refractivity contribution >= 4 is 0 Å². The van der Waals surface area contributed by atoms with E-state index in [1.54, 1.807) is 6.07 Å². The largest absolute Gasteiger partial charge is 0.312 e. The summed E-state index contributed by atoms with van der Waals surface area (Å²) >= 11 is 0. The minimum absolute atomic E-state index is 0.156. The summed E-state index contributed by atoms with van der Waals surface area (Å²) in [5.74, 6) is 1.21. The van der Waals surface area contributed by atoms with Gasteiger partial charge in [-0.25, -0.2) is 4.39 Å². The van der Waals surface area contributed by atoms with Gasteiger partial charge in [-0.3, -0.25) is 0 Å². The van der Waals surface area contributed by atoms with Gasteiger partial charge in [0.05, 0.1) is 0 Å². The number of aryl methyl sites for hydroxylation is 1. The maximum absolute atomic E-state index is 12.9. The second-order valence-electron chi connectivity index (χ2n) is 4.92. The van der Waals surface area contributed by atoms with E-state index in [1.165, 1.54) is 11.6 Å². The van der Waals surface area contributed by atoms with Gasteiger partial charge in [0.2, 0.25) is 0 Å². The molecule has 0 aromatic heterocycles. The summed E-state index contributed by atoms with van der Waals surface area (Å²) < 4.78 is 12.9. The molecule has 1 rings (SSSR count). The molecule has 0 saturated carbocycles. The molecule has 0 spiro atoms. The van der Waals surface area contributed by atoms with Gasteiger partial charge in [0.1, 0.15) is 5.82 Å². The first kappa shape index (κ1) is 13.2. The van der Waals surface area contributed by atoms with Crippen LogP contribution in [0.3, 0.4) is 0 Å². The maximum atomic E-state index is 12.9. The Kier molecular flexibility index (Phi) is 4.94. The van der Waals surface area contributed by atoms with Crippen LogP contribution in [-0.4, -0.2) is 6.54 Å². The van der Waals surface area contributed by atoms with E-state index in [2.05, 4.69) is 26.1 Å². The van der Waals surface area contributed by atoms with Crippen LogP contribution in [0.5, 0.6) is 0 Å². The molecule has 0 aliphatic carbocycles. The highest BCUT2D eigenvalue weighted by atomic mass is 19.1. The van der Waals surface area contributed by atoms with Crippen molar-refractivity contribution in [3.8, 4) is 0 Å². The van der Waals surface area contributed by atoms with Gasteiger partial charge in [0, 0.05) is 6.54 Å². The lowest BCUT2D eigenvalue weighted by atomic mass is 9.98. The Hall–Kier alpha value is -0.890. The van der Waals surface area contributed by atoms with E-state index in [9.17, 15) is 4.39 Å². The third-order valence-corrected chi connectivity index (χ3v) is 3.22. The maximum Gasteiger partial charge on any atom is 0.123 e. The molecule has 0 heterocycles. The van der Waals surface area contributed by atoms with Crippen molar-refractivity contribution in [2.24, 2.45) is 11.8 Å². The second kappa shape index (κ2) is 6.00. The van der Waals surface area contributed by atoms with Crippen LogP contribution >= 0.6 is 0 Å². The average Bonchev–Trinajstić information content (AvgIpc) is 2.20. The molecule has 0 amide bonds. The highest BCUT2D eigenvalue weighted by molar-refractivity contribution is 5.26. The molecule has 1 aromatic carbocycles. The molecule has 0 radical (unpaired) electrons. The number of benzene rings is 1. The zero-order chi connectivity index (χ0) is 12.1. The van der Waals surface area contributed by atoms with Gasteiger partial charge >= 0.3 is 0 Å². The summed E-state index contributed by atoms with van der Waals surface area (Å²) in [5, 5.41) is 3.42. The third-order valence-electron chi connectivity index (χ3n) is 3.22. The van der Waals surface area contributed by atoms with Gasteiger partial charge in [-0.05, 0) is 48.6 Å². The van der Waals surface area contributed by atoms with E-state index in [0.29, 0.717) is 11.8 Å². The average molecular weight is 223 g/mol. The van der Waals surface area contributed by atoms with Crippen LogP contribution in [0.1, 0.15) is 31.9 Å². The molecule has 1 nitrogen and oxygen atoms in total. The predicted molar refractivity (Wildman–Crippen MR) is 66.8 cm³/mol. The van der Waals surface area contributed by atoms with Crippen molar-refractivity contribution in [3.63, 3.8) is 0 Å². The van der Waals surface area contributed by atoms with Crippen LogP contribution in [-0.2, 0) is 6.54 Å². The Morgan fingerprint density at radius 1 is 1.25 bits per heavy atom. The summed E-state index contributed by atoms with van der Waals surface area (Å²) in [6.07, 6.45) is 0. The van der Waals surface area contributed by atoms with E-state index in [0.717, 1.165) is 18.7 Å². The molecule has 0 bridgehead atoms. The summed E-state index contributed by atoms with van der Waals surface area (Å²) in [6.45, 7) is 10.5. The van der Waals surface area contributed by atoms with Crippen LogP contribution in [0.4, 0.5) is 4.39 Å². The van der Waals surface area contributed by atoms with Crippen LogP contribution < -0.4 is 5.32 Å². The van der Waals surface area contributed by atoms with Gasteiger partial charge in [0.15, 0.2) is 0 Å². The van der Waals surface area contributed by atoms with E-state index in [4.69, 9.17) is 0 Å². The minimum atomic E-state index is -0.156. The highest BCUT2D eigenvalue weighted by Crippen LogP contribution is 2.11. The smallest absolute Gasteiger partial charge is 0.123 e. The summed E-state index contributed by atoms with van der Waals surface area (Å²) in [6, 6.07) is 4.97. The molecule has 0 aliphatic heterocycles. The molecule has 1 N–H and O–H groups in total. The first-order valence-corrected chi connectivity index (χ1v) is 5.96. The molecule has 16 heavy (non-hydrogen) atoms. The first-order valence-electron chi connectivity index (χ1n) is 5.96. The van der Waals surface area contributed by atoms with E-state index in [1.807, 2.05) is 13.0 Å². The Morgan fingerprint density at radius 3 is 2.50 bits per heavy atom. The van der Waals surface area contributed by atoms with Crippen LogP contribution in [0.15, 0.2) is 18.2 Å². The lowest BCUT2D eigenvalue weighted by Crippen LogP contribution is -2.24. The lowest BCUT2D eigenvalue weighted by Gasteiger charge is -2.16. The third kappa shape index (κ3) is 3.93.